The first-order chi connectivity index (χ1) is 8.83. The highest BCUT2D eigenvalue weighted by Gasteiger charge is 2.03. The summed E-state index contributed by atoms with van der Waals surface area (Å²) in [6.07, 6.45) is 2.72. The Bertz CT molecular complexity index is 519. The molecular formula is C15H17NOS. The predicted octanol–water partition coefficient (Wildman–Crippen LogP) is 3.51. The maximum absolute atomic E-state index is 5.86. The number of ether oxygens (including phenoxy) is 1. The summed E-state index contributed by atoms with van der Waals surface area (Å²) in [5.74, 6) is 0.931. The number of thiophene rings is 1. The highest BCUT2D eigenvalue weighted by Crippen LogP contribution is 2.22. The molecule has 0 aliphatic carbocycles. The van der Waals surface area contributed by atoms with Gasteiger partial charge in [0.05, 0.1) is 0 Å². The quantitative estimate of drug-likeness (QED) is 0.806. The molecule has 0 amide bonds. The molecule has 0 radical (unpaired) electrons. The topological polar surface area (TPSA) is 35.2 Å². The van der Waals surface area contributed by atoms with Crippen LogP contribution in [0.5, 0.6) is 5.75 Å². The minimum absolute atomic E-state index is 0.595. The SMILES string of the molecule is C=CCc1ccccc1OCc1ccc(CN)s1. The van der Waals surface area contributed by atoms with Gasteiger partial charge in [0, 0.05) is 16.3 Å². The van der Waals surface area contributed by atoms with Gasteiger partial charge >= 0.3 is 0 Å². The van der Waals surface area contributed by atoms with Crippen LogP contribution in [0.25, 0.3) is 0 Å². The minimum atomic E-state index is 0.595. The molecule has 0 spiro atoms. The number of benzene rings is 1. The van der Waals surface area contributed by atoms with Crippen LogP contribution >= 0.6 is 11.3 Å². The second kappa shape index (κ2) is 6.38. The van der Waals surface area contributed by atoms with Crippen molar-refractivity contribution in [3.8, 4) is 5.75 Å². The van der Waals surface area contributed by atoms with Crippen LogP contribution in [0.3, 0.4) is 0 Å². The summed E-state index contributed by atoms with van der Waals surface area (Å²) in [4.78, 5) is 2.39. The van der Waals surface area contributed by atoms with Gasteiger partial charge in [-0.05, 0) is 30.2 Å². The molecular weight excluding hydrogens is 242 g/mol. The molecule has 3 heteroatoms. The number of hydrogen-bond acceptors (Lipinski definition) is 3. The van der Waals surface area contributed by atoms with Crippen molar-refractivity contribution in [2.24, 2.45) is 5.73 Å². The molecule has 1 heterocycles. The van der Waals surface area contributed by atoms with Crippen LogP contribution in [0.1, 0.15) is 15.3 Å². The Kier molecular flexibility index (Phi) is 4.56. The van der Waals surface area contributed by atoms with Crippen molar-refractivity contribution in [1.29, 1.82) is 0 Å². The van der Waals surface area contributed by atoms with E-state index >= 15 is 0 Å². The molecule has 0 aliphatic rings. The highest BCUT2D eigenvalue weighted by molar-refractivity contribution is 7.11. The minimum Gasteiger partial charge on any atom is -0.488 e. The fourth-order valence-electron chi connectivity index (χ4n) is 1.73. The molecule has 0 unspecified atom stereocenters. The summed E-state index contributed by atoms with van der Waals surface area (Å²) in [7, 11) is 0. The van der Waals surface area contributed by atoms with Crippen molar-refractivity contribution in [2.75, 3.05) is 0 Å². The molecule has 2 N–H and O–H groups in total. The van der Waals surface area contributed by atoms with E-state index < -0.39 is 0 Å². The summed E-state index contributed by atoms with van der Waals surface area (Å²) in [6.45, 7) is 4.95. The molecule has 2 rings (SSSR count). The third-order valence-corrected chi connectivity index (χ3v) is 3.71. The van der Waals surface area contributed by atoms with Crippen molar-refractivity contribution in [2.45, 2.75) is 19.6 Å². The molecule has 0 atom stereocenters. The van der Waals surface area contributed by atoms with Crippen molar-refractivity contribution < 1.29 is 4.74 Å². The lowest BCUT2D eigenvalue weighted by Crippen LogP contribution is -1.96. The largest absolute Gasteiger partial charge is 0.488 e. The van der Waals surface area contributed by atoms with Crippen molar-refractivity contribution >= 4 is 11.3 Å². The smallest absolute Gasteiger partial charge is 0.123 e. The lowest BCUT2D eigenvalue weighted by molar-refractivity contribution is 0.307. The molecule has 0 bridgehead atoms. The fourth-order valence-corrected chi connectivity index (χ4v) is 2.54. The lowest BCUT2D eigenvalue weighted by Gasteiger charge is -2.09. The number of nitrogens with two attached hydrogens (primary N) is 1. The van der Waals surface area contributed by atoms with Gasteiger partial charge in [-0.2, -0.15) is 0 Å². The van der Waals surface area contributed by atoms with Crippen molar-refractivity contribution in [3.63, 3.8) is 0 Å². The summed E-state index contributed by atoms with van der Waals surface area (Å²) in [5.41, 5.74) is 6.76. The lowest BCUT2D eigenvalue weighted by atomic mass is 10.1. The average molecular weight is 259 g/mol. The molecule has 0 saturated carbocycles. The van der Waals surface area contributed by atoms with Crippen molar-refractivity contribution in [3.05, 3.63) is 64.4 Å². The van der Waals surface area contributed by atoms with Gasteiger partial charge in [-0.3, -0.25) is 0 Å². The zero-order valence-electron chi connectivity index (χ0n) is 10.3. The van der Waals surface area contributed by atoms with E-state index in [1.54, 1.807) is 11.3 Å². The molecule has 18 heavy (non-hydrogen) atoms. The Morgan fingerprint density at radius 1 is 1.17 bits per heavy atom. The third-order valence-electron chi connectivity index (χ3n) is 2.63. The number of rotatable bonds is 6. The van der Waals surface area contributed by atoms with Crippen LogP contribution in [-0.2, 0) is 19.6 Å². The average Bonchev–Trinajstić information content (AvgIpc) is 2.86. The first-order valence-corrected chi connectivity index (χ1v) is 6.74. The second-order valence-electron chi connectivity index (χ2n) is 3.96. The van der Waals surface area contributed by atoms with Crippen LogP contribution < -0.4 is 10.5 Å². The Hall–Kier alpha value is -1.58. The van der Waals surface area contributed by atoms with Gasteiger partial charge in [-0.15, -0.1) is 17.9 Å². The van der Waals surface area contributed by atoms with Crippen LogP contribution in [0.2, 0.25) is 0 Å². The van der Waals surface area contributed by atoms with Gasteiger partial charge in [0.15, 0.2) is 0 Å². The van der Waals surface area contributed by atoms with E-state index in [4.69, 9.17) is 10.5 Å². The Balaban J connectivity index is 2.03. The van der Waals surface area contributed by atoms with Gasteiger partial charge in [0.25, 0.3) is 0 Å². The maximum Gasteiger partial charge on any atom is 0.123 e. The third kappa shape index (κ3) is 3.22. The predicted molar refractivity (Wildman–Crippen MR) is 76.9 cm³/mol. The molecule has 2 aromatic rings. The molecule has 0 aliphatic heterocycles. The number of para-hydroxylation sites is 1. The van der Waals surface area contributed by atoms with Crippen LogP contribution in [0.4, 0.5) is 0 Å². The Morgan fingerprint density at radius 2 is 1.94 bits per heavy atom. The first kappa shape index (κ1) is 12.9. The fraction of sp³-hybridized carbons (Fsp3) is 0.200. The molecule has 1 aromatic heterocycles. The van der Waals surface area contributed by atoms with Crippen molar-refractivity contribution in [1.82, 2.24) is 0 Å². The van der Waals surface area contributed by atoms with Crippen LogP contribution in [-0.4, -0.2) is 0 Å². The molecule has 0 fully saturated rings. The normalized spacial score (nSPS) is 10.3. The van der Waals surface area contributed by atoms with E-state index in [1.165, 1.54) is 15.3 Å². The number of hydrogen-bond donors (Lipinski definition) is 1. The van der Waals surface area contributed by atoms with Gasteiger partial charge in [-0.25, -0.2) is 0 Å². The van der Waals surface area contributed by atoms with E-state index in [-0.39, 0.29) is 0 Å². The molecule has 0 saturated heterocycles. The molecule has 1 aromatic carbocycles. The van der Waals surface area contributed by atoms with E-state index in [9.17, 15) is 0 Å². The molecule has 94 valence electrons. The first-order valence-electron chi connectivity index (χ1n) is 5.92. The van der Waals surface area contributed by atoms with E-state index in [0.717, 1.165) is 12.2 Å². The summed E-state index contributed by atoms with van der Waals surface area (Å²) in [5, 5.41) is 0. The van der Waals surface area contributed by atoms with E-state index in [2.05, 4.69) is 24.8 Å². The summed E-state index contributed by atoms with van der Waals surface area (Å²) >= 11 is 1.70. The second-order valence-corrected chi connectivity index (χ2v) is 5.21. The summed E-state index contributed by atoms with van der Waals surface area (Å²) < 4.78 is 5.86. The highest BCUT2D eigenvalue weighted by atomic mass is 32.1. The standard InChI is InChI=1S/C15H17NOS/c1-2-5-12-6-3-4-7-15(12)17-11-14-9-8-13(10-16)18-14/h2-4,6-9H,1,5,10-11,16H2. The van der Waals surface area contributed by atoms with E-state index in [0.29, 0.717) is 13.2 Å². The molecule has 2 nitrogen and oxygen atoms in total. The van der Waals surface area contributed by atoms with Crippen LogP contribution in [0.15, 0.2) is 49.1 Å². The number of allylic oxidation sites excluding steroid dienone is 1. The van der Waals surface area contributed by atoms with Gasteiger partial charge in [-0.1, -0.05) is 24.3 Å². The monoisotopic (exact) mass is 259 g/mol. The van der Waals surface area contributed by atoms with Gasteiger partial charge in [0.2, 0.25) is 0 Å². The van der Waals surface area contributed by atoms with Crippen LogP contribution in [0, 0.1) is 0 Å². The maximum atomic E-state index is 5.86. The zero-order chi connectivity index (χ0) is 12.8. The Morgan fingerprint density at radius 3 is 2.67 bits per heavy atom. The summed E-state index contributed by atoms with van der Waals surface area (Å²) in [6, 6.07) is 12.2. The zero-order valence-corrected chi connectivity index (χ0v) is 11.1. The Labute approximate surface area is 112 Å². The van der Waals surface area contributed by atoms with Gasteiger partial charge in [0.1, 0.15) is 12.4 Å². The van der Waals surface area contributed by atoms with Gasteiger partial charge < -0.3 is 10.5 Å². The van der Waals surface area contributed by atoms with E-state index in [1.807, 2.05) is 24.3 Å².